The molecule has 0 amide bonds. The minimum absolute atomic E-state index is 0.131. The number of nitriles is 1. The van der Waals surface area contributed by atoms with E-state index in [2.05, 4.69) is 44.6 Å². The zero-order valence-electron chi connectivity index (χ0n) is 8.59. The van der Waals surface area contributed by atoms with Gasteiger partial charge in [0.25, 0.3) is 0 Å². The Balaban J connectivity index is 3.04. The van der Waals surface area contributed by atoms with Gasteiger partial charge in [0.05, 0.1) is 18.6 Å². The minimum atomic E-state index is -0.312. The molecule has 0 radical (unpaired) electrons. The van der Waals surface area contributed by atoms with Crippen molar-refractivity contribution < 1.29 is 9.53 Å². The van der Waals surface area contributed by atoms with E-state index in [0.717, 1.165) is 8.04 Å². The maximum absolute atomic E-state index is 11.4. The maximum Gasteiger partial charge on any atom is 0.310 e. The molecule has 0 atom stereocenters. The van der Waals surface area contributed by atoms with Gasteiger partial charge in [0, 0.05) is 8.04 Å². The van der Waals surface area contributed by atoms with Gasteiger partial charge in [0.2, 0.25) is 0 Å². The van der Waals surface area contributed by atoms with E-state index < -0.39 is 0 Å². The molecule has 3 nitrogen and oxygen atoms in total. The molecule has 0 heterocycles. The molecule has 0 bridgehead atoms. The van der Waals surface area contributed by atoms with Crippen molar-refractivity contribution in [3.05, 3.63) is 31.3 Å². The first-order valence-electron chi connectivity index (χ1n) is 4.62. The van der Waals surface area contributed by atoms with Crippen LogP contribution in [0, 0.1) is 14.9 Å². The van der Waals surface area contributed by atoms with Gasteiger partial charge in [-0.2, -0.15) is 5.26 Å². The van der Waals surface area contributed by atoms with E-state index in [1.54, 1.807) is 13.0 Å². The number of carbonyl (C=O) groups excluding carboxylic acids is 1. The van der Waals surface area contributed by atoms with E-state index in [0.29, 0.717) is 17.7 Å². The third-order valence-electron chi connectivity index (χ3n) is 1.89. The lowest BCUT2D eigenvalue weighted by Gasteiger charge is -2.06. The first-order chi connectivity index (χ1) is 7.58. The summed E-state index contributed by atoms with van der Waals surface area (Å²) in [6.45, 7) is 2.11. The summed E-state index contributed by atoms with van der Waals surface area (Å²) in [5.41, 5.74) is 1.23. The Bertz CT molecular complexity index is 454. The monoisotopic (exact) mass is 393 g/mol. The summed E-state index contributed by atoms with van der Waals surface area (Å²) < 4.78 is 6.54. The second-order valence-corrected chi connectivity index (χ2v) is 5.09. The average molecular weight is 394 g/mol. The van der Waals surface area contributed by atoms with Crippen LogP contribution in [0.15, 0.2) is 16.6 Å². The SMILES string of the molecule is CCOC(=O)Cc1cc(Br)cc(I)c1C#N. The molecule has 1 rings (SSSR count). The molecule has 0 aliphatic carbocycles. The van der Waals surface area contributed by atoms with Crippen LogP contribution >= 0.6 is 38.5 Å². The third-order valence-corrected chi connectivity index (χ3v) is 3.20. The predicted molar refractivity (Wildman–Crippen MR) is 71.9 cm³/mol. The van der Waals surface area contributed by atoms with Crippen LogP contribution in [0.5, 0.6) is 0 Å². The van der Waals surface area contributed by atoms with Crippen molar-refractivity contribution in [2.24, 2.45) is 0 Å². The van der Waals surface area contributed by atoms with Crippen LogP contribution < -0.4 is 0 Å². The zero-order valence-corrected chi connectivity index (χ0v) is 12.3. The highest BCUT2D eigenvalue weighted by atomic mass is 127. The number of halogens is 2. The summed E-state index contributed by atoms with van der Waals surface area (Å²) >= 11 is 5.41. The Morgan fingerprint density at radius 3 is 2.88 bits per heavy atom. The molecule has 0 fully saturated rings. The lowest BCUT2D eigenvalue weighted by atomic mass is 10.1. The summed E-state index contributed by atoms with van der Waals surface area (Å²) in [7, 11) is 0. The Morgan fingerprint density at radius 2 is 2.31 bits per heavy atom. The molecule has 1 aromatic carbocycles. The molecule has 84 valence electrons. The van der Waals surface area contributed by atoms with E-state index >= 15 is 0 Å². The van der Waals surface area contributed by atoms with Crippen LogP contribution in [0.4, 0.5) is 0 Å². The number of hydrogen-bond donors (Lipinski definition) is 0. The molecule has 0 spiro atoms. The number of nitrogens with zero attached hydrogens (tertiary/aromatic N) is 1. The fourth-order valence-electron chi connectivity index (χ4n) is 1.26. The Labute approximate surface area is 116 Å². The Morgan fingerprint density at radius 1 is 1.62 bits per heavy atom. The second-order valence-electron chi connectivity index (χ2n) is 3.02. The standard InChI is InChI=1S/C11H9BrINO2/c1-2-16-11(15)4-7-3-8(12)5-10(13)9(7)6-14/h3,5H,2,4H2,1H3. The molecular weight excluding hydrogens is 385 g/mol. The van der Waals surface area contributed by atoms with E-state index in [1.807, 2.05) is 6.07 Å². The first-order valence-corrected chi connectivity index (χ1v) is 6.49. The molecule has 0 aliphatic rings. The van der Waals surface area contributed by atoms with Crippen LogP contribution in [0.25, 0.3) is 0 Å². The molecule has 0 aliphatic heterocycles. The smallest absolute Gasteiger partial charge is 0.310 e. The van der Waals surface area contributed by atoms with Gasteiger partial charge in [-0.25, -0.2) is 0 Å². The second kappa shape index (κ2) is 6.21. The molecule has 0 N–H and O–H groups in total. The van der Waals surface area contributed by atoms with E-state index in [1.165, 1.54) is 0 Å². The van der Waals surface area contributed by atoms with Crippen LogP contribution in [-0.4, -0.2) is 12.6 Å². The van der Waals surface area contributed by atoms with E-state index in [-0.39, 0.29) is 12.4 Å². The Hall–Kier alpha value is -0.610. The lowest BCUT2D eigenvalue weighted by Crippen LogP contribution is -2.09. The van der Waals surface area contributed by atoms with Crippen LogP contribution in [-0.2, 0) is 16.0 Å². The van der Waals surface area contributed by atoms with E-state index in [4.69, 9.17) is 10.00 Å². The average Bonchev–Trinajstić information content (AvgIpc) is 2.17. The van der Waals surface area contributed by atoms with Gasteiger partial charge >= 0.3 is 5.97 Å². The zero-order chi connectivity index (χ0) is 12.1. The summed E-state index contributed by atoms with van der Waals surface area (Å²) in [5, 5.41) is 9.01. The van der Waals surface area contributed by atoms with Crippen molar-refractivity contribution in [3.8, 4) is 6.07 Å². The molecule has 0 unspecified atom stereocenters. The molecule has 5 heteroatoms. The van der Waals surface area contributed by atoms with Crippen molar-refractivity contribution in [1.29, 1.82) is 5.26 Å². The van der Waals surface area contributed by atoms with Crippen molar-refractivity contribution in [2.75, 3.05) is 6.61 Å². The van der Waals surface area contributed by atoms with Gasteiger partial charge in [-0.3, -0.25) is 4.79 Å². The highest BCUT2D eigenvalue weighted by molar-refractivity contribution is 14.1. The molecule has 16 heavy (non-hydrogen) atoms. The molecular formula is C11H9BrINO2. The largest absolute Gasteiger partial charge is 0.466 e. The van der Waals surface area contributed by atoms with Gasteiger partial charge < -0.3 is 4.74 Å². The Kier molecular flexibility index (Phi) is 5.22. The predicted octanol–water partition coefficient (Wildman–Crippen LogP) is 3.03. The lowest BCUT2D eigenvalue weighted by molar-refractivity contribution is -0.142. The summed E-state index contributed by atoms with van der Waals surface area (Å²) in [6, 6.07) is 5.72. The summed E-state index contributed by atoms with van der Waals surface area (Å²) in [5.74, 6) is -0.312. The third kappa shape index (κ3) is 3.46. The van der Waals surface area contributed by atoms with Crippen LogP contribution in [0.1, 0.15) is 18.1 Å². The van der Waals surface area contributed by atoms with E-state index in [9.17, 15) is 4.79 Å². The first kappa shape index (κ1) is 13.5. The number of carbonyl (C=O) groups is 1. The van der Waals surface area contributed by atoms with Crippen molar-refractivity contribution in [3.63, 3.8) is 0 Å². The highest BCUT2D eigenvalue weighted by Gasteiger charge is 2.12. The highest BCUT2D eigenvalue weighted by Crippen LogP contribution is 2.23. The number of esters is 1. The fourth-order valence-corrected chi connectivity index (χ4v) is 2.99. The van der Waals surface area contributed by atoms with Crippen LogP contribution in [0.3, 0.4) is 0 Å². The molecule has 0 aromatic heterocycles. The molecule has 1 aromatic rings. The van der Waals surface area contributed by atoms with Crippen molar-refractivity contribution >= 4 is 44.5 Å². The summed E-state index contributed by atoms with van der Waals surface area (Å²) in [6.07, 6.45) is 0.131. The number of rotatable bonds is 3. The number of ether oxygens (including phenoxy) is 1. The summed E-state index contributed by atoms with van der Waals surface area (Å²) in [4.78, 5) is 11.4. The maximum atomic E-state index is 11.4. The fraction of sp³-hybridized carbons (Fsp3) is 0.273. The van der Waals surface area contributed by atoms with Gasteiger partial charge in [0.1, 0.15) is 6.07 Å². The van der Waals surface area contributed by atoms with Gasteiger partial charge in [0.15, 0.2) is 0 Å². The number of benzene rings is 1. The normalized spacial score (nSPS) is 9.62. The quantitative estimate of drug-likeness (QED) is 0.585. The number of hydrogen-bond acceptors (Lipinski definition) is 3. The van der Waals surface area contributed by atoms with Gasteiger partial charge in [-0.15, -0.1) is 0 Å². The minimum Gasteiger partial charge on any atom is -0.466 e. The van der Waals surface area contributed by atoms with Crippen molar-refractivity contribution in [2.45, 2.75) is 13.3 Å². The topological polar surface area (TPSA) is 50.1 Å². The van der Waals surface area contributed by atoms with Gasteiger partial charge in [-0.1, -0.05) is 15.9 Å². The van der Waals surface area contributed by atoms with Crippen molar-refractivity contribution in [1.82, 2.24) is 0 Å². The molecule has 0 saturated carbocycles. The van der Waals surface area contributed by atoms with Gasteiger partial charge in [-0.05, 0) is 47.2 Å². The molecule has 0 saturated heterocycles. The van der Waals surface area contributed by atoms with Crippen LogP contribution in [0.2, 0.25) is 0 Å².